The highest BCUT2D eigenvalue weighted by atomic mass is 16.5. The summed E-state index contributed by atoms with van der Waals surface area (Å²) in [6.07, 6.45) is 2.34. The molecule has 1 aliphatic heterocycles. The Morgan fingerprint density at radius 3 is 2.89 bits per heavy atom. The lowest BCUT2D eigenvalue weighted by Gasteiger charge is -2.22. The SMILES string of the molecule is Nc1cc(OCC2CCNCC2)nc2ccccc12. The quantitative estimate of drug-likeness (QED) is 0.885. The second kappa shape index (κ2) is 5.45. The van der Waals surface area contributed by atoms with Crippen LogP contribution in [-0.4, -0.2) is 24.7 Å². The molecule has 4 heteroatoms. The van der Waals surface area contributed by atoms with E-state index in [1.54, 1.807) is 0 Å². The summed E-state index contributed by atoms with van der Waals surface area (Å²) in [6.45, 7) is 2.90. The number of fused-ring (bicyclic) bond motifs is 1. The molecule has 1 aromatic heterocycles. The summed E-state index contributed by atoms with van der Waals surface area (Å²) in [5, 5.41) is 4.34. The van der Waals surface area contributed by atoms with Gasteiger partial charge in [0.2, 0.25) is 5.88 Å². The normalized spacial score (nSPS) is 16.6. The van der Waals surface area contributed by atoms with Gasteiger partial charge in [-0.3, -0.25) is 0 Å². The van der Waals surface area contributed by atoms with Gasteiger partial charge in [0.1, 0.15) is 0 Å². The topological polar surface area (TPSA) is 60.2 Å². The Morgan fingerprint density at radius 2 is 2.05 bits per heavy atom. The number of nitrogens with zero attached hydrogens (tertiary/aromatic N) is 1. The van der Waals surface area contributed by atoms with Crippen LogP contribution in [0.2, 0.25) is 0 Å². The number of hydrogen-bond acceptors (Lipinski definition) is 4. The lowest BCUT2D eigenvalue weighted by Crippen LogP contribution is -2.30. The fourth-order valence-corrected chi connectivity index (χ4v) is 2.50. The van der Waals surface area contributed by atoms with Crippen LogP contribution >= 0.6 is 0 Å². The number of pyridine rings is 1. The van der Waals surface area contributed by atoms with Crippen LogP contribution in [0.3, 0.4) is 0 Å². The van der Waals surface area contributed by atoms with E-state index in [2.05, 4.69) is 10.3 Å². The van der Waals surface area contributed by atoms with E-state index in [1.807, 2.05) is 30.3 Å². The van der Waals surface area contributed by atoms with Gasteiger partial charge in [-0.2, -0.15) is 0 Å². The summed E-state index contributed by atoms with van der Waals surface area (Å²) in [4.78, 5) is 4.50. The summed E-state index contributed by atoms with van der Waals surface area (Å²) in [7, 11) is 0. The lowest BCUT2D eigenvalue weighted by molar-refractivity contribution is 0.209. The van der Waals surface area contributed by atoms with Crippen LogP contribution in [-0.2, 0) is 0 Å². The van der Waals surface area contributed by atoms with Crippen LogP contribution in [0.4, 0.5) is 5.69 Å². The van der Waals surface area contributed by atoms with Gasteiger partial charge in [0.15, 0.2) is 0 Å². The summed E-state index contributed by atoms with van der Waals surface area (Å²) in [5.74, 6) is 1.26. The number of aromatic nitrogens is 1. The number of para-hydroxylation sites is 1. The van der Waals surface area contributed by atoms with Crippen molar-refractivity contribution in [1.82, 2.24) is 10.3 Å². The van der Waals surface area contributed by atoms with Gasteiger partial charge in [0, 0.05) is 17.1 Å². The number of hydrogen-bond donors (Lipinski definition) is 2. The number of benzene rings is 1. The van der Waals surface area contributed by atoms with Gasteiger partial charge in [0.25, 0.3) is 0 Å². The van der Waals surface area contributed by atoms with E-state index >= 15 is 0 Å². The van der Waals surface area contributed by atoms with E-state index in [1.165, 1.54) is 12.8 Å². The Balaban J connectivity index is 1.73. The standard InChI is InChI=1S/C15H19N3O/c16-13-9-15(18-14-4-2-1-3-12(13)14)19-10-11-5-7-17-8-6-11/h1-4,9,11,17H,5-8,10H2,(H2,16,18). The first-order valence-electron chi connectivity index (χ1n) is 6.82. The average Bonchev–Trinajstić information content (AvgIpc) is 2.46. The van der Waals surface area contributed by atoms with Crippen LogP contribution < -0.4 is 15.8 Å². The Hall–Kier alpha value is -1.81. The molecule has 0 bridgehead atoms. The van der Waals surface area contributed by atoms with Crippen molar-refractivity contribution in [3.05, 3.63) is 30.3 Å². The summed E-state index contributed by atoms with van der Waals surface area (Å²) >= 11 is 0. The van der Waals surface area contributed by atoms with Crippen molar-refractivity contribution in [1.29, 1.82) is 0 Å². The van der Waals surface area contributed by atoms with Crippen molar-refractivity contribution in [3.8, 4) is 5.88 Å². The Bertz CT molecular complexity index is 564. The molecule has 1 fully saturated rings. The van der Waals surface area contributed by atoms with Crippen molar-refractivity contribution in [2.75, 3.05) is 25.4 Å². The zero-order valence-electron chi connectivity index (χ0n) is 10.9. The van der Waals surface area contributed by atoms with Crippen LogP contribution in [0.5, 0.6) is 5.88 Å². The second-order valence-corrected chi connectivity index (χ2v) is 5.07. The predicted octanol–water partition coefficient (Wildman–Crippen LogP) is 2.20. The first kappa shape index (κ1) is 12.2. The third-order valence-corrected chi connectivity index (χ3v) is 3.65. The van der Waals surface area contributed by atoms with Gasteiger partial charge in [-0.25, -0.2) is 4.98 Å². The molecule has 0 radical (unpaired) electrons. The molecule has 3 rings (SSSR count). The molecule has 0 aliphatic carbocycles. The minimum atomic E-state index is 0.621. The number of nitrogens with one attached hydrogen (secondary N) is 1. The van der Waals surface area contributed by atoms with Crippen molar-refractivity contribution in [2.45, 2.75) is 12.8 Å². The molecule has 2 aromatic rings. The number of anilines is 1. The number of nitrogens with two attached hydrogens (primary N) is 1. The Morgan fingerprint density at radius 1 is 1.26 bits per heavy atom. The molecule has 1 aliphatic rings. The van der Waals surface area contributed by atoms with Crippen molar-refractivity contribution in [2.24, 2.45) is 5.92 Å². The fraction of sp³-hybridized carbons (Fsp3) is 0.400. The molecule has 19 heavy (non-hydrogen) atoms. The zero-order valence-corrected chi connectivity index (χ0v) is 10.9. The molecule has 4 nitrogen and oxygen atoms in total. The molecule has 2 heterocycles. The summed E-state index contributed by atoms with van der Waals surface area (Å²) in [5.41, 5.74) is 7.65. The molecule has 0 atom stereocenters. The van der Waals surface area contributed by atoms with Crippen LogP contribution in [0.1, 0.15) is 12.8 Å². The monoisotopic (exact) mass is 257 g/mol. The zero-order chi connectivity index (χ0) is 13.1. The number of piperidine rings is 1. The van der Waals surface area contributed by atoms with E-state index in [9.17, 15) is 0 Å². The third kappa shape index (κ3) is 2.79. The average molecular weight is 257 g/mol. The lowest BCUT2D eigenvalue weighted by atomic mass is 9.99. The van der Waals surface area contributed by atoms with E-state index in [-0.39, 0.29) is 0 Å². The molecule has 100 valence electrons. The van der Waals surface area contributed by atoms with Gasteiger partial charge < -0.3 is 15.8 Å². The number of ether oxygens (including phenoxy) is 1. The van der Waals surface area contributed by atoms with Gasteiger partial charge >= 0.3 is 0 Å². The van der Waals surface area contributed by atoms with Crippen molar-refractivity contribution >= 4 is 16.6 Å². The third-order valence-electron chi connectivity index (χ3n) is 3.65. The van der Waals surface area contributed by atoms with Gasteiger partial charge in [-0.1, -0.05) is 18.2 Å². The molecule has 0 saturated carbocycles. The smallest absolute Gasteiger partial charge is 0.215 e. The van der Waals surface area contributed by atoms with E-state index in [0.717, 1.165) is 36.3 Å². The van der Waals surface area contributed by atoms with E-state index < -0.39 is 0 Å². The maximum atomic E-state index is 6.04. The summed E-state index contributed by atoms with van der Waals surface area (Å²) in [6, 6.07) is 9.70. The van der Waals surface area contributed by atoms with Crippen LogP contribution in [0.15, 0.2) is 30.3 Å². The highest BCUT2D eigenvalue weighted by Crippen LogP contribution is 2.24. The number of rotatable bonds is 3. The molecule has 1 saturated heterocycles. The fourth-order valence-electron chi connectivity index (χ4n) is 2.50. The maximum absolute atomic E-state index is 6.04. The molecule has 0 spiro atoms. The Kier molecular flexibility index (Phi) is 3.51. The Labute approximate surface area is 113 Å². The molecule has 0 amide bonds. The molecular weight excluding hydrogens is 238 g/mol. The molecular formula is C15H19N3O. The van der Waals surface area contributed by atoms with Gasteiger partial charge in [-0.05, 0) is 37.9 Å². The molecule has 1 aromatic carbocycles. The first-order chi connectivity index (χ1) is 9.33. The van der Waals surface area contributed by atoms with Crippen LogP contribution in [0.25, 0.3) is 10.9 Å². The minimum absolute atomic E-state index is 0.621. The maximum Gasteiger partial charge on any atom is 0.215 e. The van der Waals surface area contributed by atoms with Gasteiger partial charge in [0.05, 0.1) is 12.1 Å². The van der Waals surface area contributed by atoms with Crippen molar-refractivity contribution in [3.63, 3.8) is 0 Å². The van der Waals surface area contributed by atoms with Crippen LogP contribution in [0, 0.1) is 5.92 Å². The summed E-state index contributed by atoms with van der Waals surface area (Å²) < 4.78 is 5.82. The largest absolute Gasteiger partial charge is 0.477 e. The van der Waals surface area contributed by atoms with E-state index in [0.29, 0.717) is 11.8 Å². The van der Waals surface area contributed by atoms with Crippen molar-refractivity contribution < 1.29 is 4.74 Å². The number of nitrogen functional groups attached to an aromatic ring is 1. The molecule has 0 unspecified atom stereocenters. The minimum Gasteiger partial charge on any atom is -0.477 e. The van der Waals surface area contributed by atoms with E-state index in [4.69, 9.17) is 10.5 Å². The van der Waals surface area contributed by atoms with Gasteiger partial charge in [-0.15, -0.1) is 0 Å². The molecule has 3 N–H and O–H groups in total. The first-order valence-corrected chi connectivity index (χ1v) is 6.82. The highest BCUT2D eigenvalue weighted by molar-refractivity contribution is 5.90. The highest BCUT2D eigenvalue weighted by Gasteiger charge is 2.14. The second-order valence-electron chi connectivity index (χ2n) is 5.07. The predicted molar refractivity (Wildman–Crippen MR) is 77.2 cm³/mol.